The predicted molar refractivity (Wildman–Crippen MR) is 117 cm³/mol. The zero-order chi connectivity index (χ0) is 19.2. The molecule has 2 N–H and O–H groups in total. The van der Waals surface area contributed by atoms with E-state index in [0.29, 0.717) is 5.92 Å². The number of halogens is 1. The van der Waals surface area contributed by atoms with E-state index in [2.05, 4.69) is 76.9 Å². The Labute approximate surface area is 170 Å². The van der Waals surface area contributed by atoms with Gasteiger partial charge in [-0.15, -0.1) is 0 Å². The third kappa shape index (κ3) is 5.53. The fraction of sp³-hybridized carbons (Fsp3) is 0.348. The summed E-state index contributed by atoms with van der Waals surface area (Å²) in [7, 11) is 0. The van der Waals surface area contributed by atoms with Crippen LogP contribution in [0.5, 0.6) is 0 Å². The summed E-state index contributed by atoms with van der Waals surface area (Å²) < 4.78 is 3.27. The van der Waals surface area contributed by atoms with Crippen LogP contribution in [0.25, 0.3) is 11.3 Å². The Balaban J connectivity index is 1.88. The Kier molecular flexibility index (Phi) is 6.86. The molecule has 0 fully saturated rings. The van der Waals surface area contributed by atoms with Crippen LogP contribution in [-0.2, 0) is 6.54 Å². The van der Waals surface area contributed by atoms with E-state index in [4.69, 9.17) is 10.7 Å². The first-order chi connectivity index (χ1) is 13.0. The van der Waals surface area contributed by atoms with Gasteiger partial charge in [-0.1, -0.05) is 85.1 Å². The second-order valence-electron chi connectivity index (χ2n) is 7.54. The van der Waals surface area contributed by atoms with E-state index >= 15 is 0 Å². The predicted octanol–water partition coefficient (Wildman–Crippen LogP) is 6.19. The minimum Gasteiger partial charge on any atom is -0.329 e. The number of hydrogen-bond acceptors (Lipinski definition) is 2. The second-order valence-corrected chi connectivity index (χ2v) is 8.46. The number of hydrogen-bond donors (Lipinski definition) is 1. The lowest BCUT2D eigenvalue weighted by atomic mass is 10.0. The SMILES string of the molecule is CC(C)CCCC(N)c1nc(-c2cccc(Br)c2)cn1Cc1ccccc1. The van der Waals surface area contributed by atoms with Crippen LogP contribution < -0.4 is 5.73 Å². The Morgan fingerprint density at radius 1 is 1.04 bits per heavy atom. The summed E-state index contributed by atoms with van der Waals surface area (Å²) in [5.41, 5.74) is 9.90. The van der Waals surface area contributed by atoms with Crippen molar-refractivity contribution in [3.8, 4) is 11.3 Å². The monoisotopic (exact) mass is 425 g/mol. The number of imidazole rings is 1. The molecule has 0 spiro atoms. The molecule has 27 heavy (non-hydrogen) atoms. The van der Waals surface area contributed by atoms with Gasteiger partial charge in [0.15, 0.2) is 0 Å². The standard InChI is InChI=1S/C23H28BrN3/c1-17(2)8-6-13-21(25)23-26-22(19-11-7-12-20(24)14-19)16-27(23)15-18-9-4-3-5-10-18/h3-5,7,9-12,14,16-17,21H,6,8,13,15,25H2,1-2H3. The van der Waals surface area contributed by atoms with Gasteiger partial charge in [-0.3, -0.25) is 0 Å². The van der Waals surface area contributed by atoms with Gasteiger partial charge in [-0.2, -0.15) is 0 Å². The average Bonchev–Trinajstić information content (AvgIpc) is 3.06. The van der Waals surface area contributed by atoms with Gasteiger partial charge < -0.3 is 10.3 Å². The summed E-state index contributed by atoms with van der Waals surface area (Å²) in [5.74, 6) is 1.68. The van der Waals surface area contributed by atoms with E-state index in [1.54, 1.807) is 0 Å². The third-order valence-electron chi connectivity index (χ3n) is 4.75. The van der Waals surface area contributed by atoms with Crippen LogP contribution >= 0.6 is 15.9 Å². The van der Waals surface area contributed by atoms with E-state index in [1.807, 2.05) is 18.2 Å². The second kappa shape index (κ2) is 9.34. The molecule has 0 saturated carbocycles. The lowest BCUT2D eigenvalue weighted by Crippen LogP contribution is -2.17. The Hall–Kier alpha value is -1.91. The molecule has 0 amide bonds. The molecule has 142 valence electrons. The van der Waals surface area contributed by atoms with Gasteiger partial charge >= 0.3 is 0 Å². The third-order valence-corrected chi connectivity index (χ3v) is 5.25. The van der Waals surface area contributed by atoms with Gasteiger partial charge in [0.1, 0.15) is 5.82 Å². The molecule has 1 heterocycles. The smallest absolute Gasteiger partial charge is 0.126 e. The number of aromatic nitrogens is 2. The van der Waals surface area contributed by atoms with Crippen molar-refractivity contribution in [3.63, 3.8) is 0 Å². The lowest BCUT2D eigenvalue weighted by Gasteiger charge is -2.14. The van der Waals surface area contributed by atoms with Gasteiger partial charge in [0.25, 0.3) is 0 Å². The maximum atomic E-state index is 6.56. The van der Waals surface area contributed by atoms with E-state index in [1.165, 1.54) is 12.0 Å². The molecule has 3 rings (SSSR count). The normalized spacial score (nSPS) is 12.5. The summed E-state index contributed by atoms with van der Waals surface area (Å²) in [5, 5.41) is 0. The van der Waals surface area contributed by atoms with E-state index < -0.39 is 0 Å². The molecule has 3 aromatic rings. The molecule has 0 radical (unpaired) electrons. The summed E-state index contributed by atoms with van der Waals surface area (Å²) in [4.78, 5) is 4.93. The van der Waals surface area contributed by atoms with Crippen molar-refractivity contribution in [2.45, 2.75) is 45.7 Å². The average molecular weight is 426 g/mol. The highest BCUT2D eigenvalue weighted by Gasteiger charge is 2.17. The van der Waals surface area contributed by atoms with Gasteiger partial charge in [0.05, 0.1) is 11.7 Å². The van der Waals surface area contributed by atoms with Crippen molar-refractivity contribution >= 4 is 15.9 Å². The fourth-order valence-electron chi connectivity index (χ4n) is 3.29. The number of rotatable bonds is 8. The van der Waals surface area contributed by atoms with E-state index in [9.17, 15) is 0 Å². The highest BCUT2D eigenvalue weighted by atomic mass is 79.9. The zero-order valence-electron chi connectivity index (χ0n) is 16.1. The minimum absolute atomic E-state index is 0.0478. The topological polar surface area (TPSA) is 43.8 Å². The molecule has 0 bridgehead atoms. The Bertz CT molecular complexity index is 855. The maximum Gasteiger partial charge on any atom is 0.126 e. The summed E-state index contributed by atoms with van der Waals surface area (Å²) in [6.45, 7) is 5.30. The van der Waals surface area contributed by atoms with Crippen LogP contribution in [0.15, 0.2) is 65.3 Å². The number of benzene rings is 2. The van der Waals surface area contributed by atoms with Crippen molar-refractivity contribution in [1.29, 1.82) is 0 Å². The largest absolute Gasteiger partial charge is 0.329 e. The molecule has 1 atom stereocenters. The van der Waals surface area contributed by atoms with E-state index in [-0.39, 0.29) is 6.04 Å². The van der Waals surface area contributed by atoms with Crippen LogP contribution in [-0.4, -0.2) is 9.55 Å². The van der Waals surface area contributed by atoms with Crippen molar-refractivity contribution < 1.29 is 0 Å². The van der Waals surface area contributed by atoms with Gasteiger partial charge in [0.2, 0.25) is 0 Å². The van der Waals surface area contributed by atoms with Gasteiger partial charge in [0, 0.05) is 22.8 Å². The lowest BCUT2D eigenvalue weighted by molar-refractivity contribution is 0.486. The Morgan fingerprint density at radius 2 is 1.81 bits per heavy atom. The van der Waals surface area contributed by atoms with Crippen LogP contribution in [0.1, 0.15) is 50.5 Å². The maximum absolute atomic E-state index is 6.56. The van der Waals surface area contributed by atoms with E-state index in [0.717, 1.165) is 40.9 Å². The quantitative estimate of drug-likeness (QED) is 0.467. The Morgan fingerprint density at radius 3 is 2.52 bits per heavy atom. The fourth-order valence-corrected chi connectivity index (χ4v) is 3.69. The minimum atomic E-state index is -0.0478. The summed E-state index contributed by atoms with van der Waals surface area (Å²) in [6.07, 6.45) is 5.42. The van der Waals surface area contributed by atoms with Crippen molar-refractivity contribution in [1.82, 2.24) is 9.55 Å². The molecule has 0 saturated heterocycles. The molecule has 3 nitrogen and oxygen atoms in total. The van der Waals surface area contributed by atoms with Gasteiger partial charge in [-0.25, -0.2) is 4.98 Å². The molecule has 0 aliphatic heterocycles. The molecule has 0 aliphatic carbocycles. The molecular weight excluding hydrogens is 398 g/mol. The zero-order valence-corrected chi connectivity index (χ0v) is 17.7. The molecule has 4 heteroatoms. The molecule has 1 unspecified atom stereocenters. The summed E-state index contributed by atoms with van der Waals surface area (Å²) in [6, 6.07) is 18.7. The highest BCUT2D eigenvalue weighted by molar-refractivity contribution is 9.10. The van der Waals surface area contributed by atoms with Crippen molar-refractivity contribution in [2.75, 3.05) is 0 Å². The first-order valence-corrected chi connectivity index (χ1v) is 10.4. The first-order valence-electron chi connectivity index (χ1n) is 9.65. The van der Waals surface area contributed by atoms with Crippen molar-refractivity contribution in [2.24, 2.45) is 11.7 Å². The van der Waals surface area contributed by atoms with Gasteiger partial charge in [-0.05, 0) is 30.0 Å². The highest BCUT2D eigenvalue weighted by Crippen LogP contribution is 2.26. The van der Waals surface area contributed by atoms with Crippen molar-refractivity contribution in [3.05, 3.63) is 76.7 Å². The number of nitrogens with zero attached hydrogens (tertiary/aromatic N) is 2. The van der Waals surface area contributed by atoms with Crippen LogP contribution in [0.4, 0.5) is 0 Å². The van der Waals surface area contributed by atoms with Crippen LogP contribution in [0.2, 0.25) is 0 Å². The molecule has 1 aromatic heterocycles. The molecule has 2 aromatic carbocycles. The number of nitrogens with two attached hydrogens (primary N) is 1. The van der Waals surface area contributed by atoms with Crippen LogP contribution in [0.3, 0.4) is 0 Å². The van der Waals surface area contributed by atoms with Crippen LogP contribution in [0, 0.1) is 5.92 Å². The summed E-state index contributed by atoms with van der Waals surface area (Å²) >= 11 is 3.56. The molecule has 0 aliphatic rings. The first kappa shape index (κ1) is 19.8. The molecular formula is C23H28BrN3.